The topological polar surface area (TPSA) is 142 Å². The van der Waals surface area contributed by atoms with E-state index in [-0.39, 0.29) is 39.8 Å². The summed E-state index contributed by atoms with van der Waals surface area (Å²) in [7, 11) is -3.12. The first-order valence-electron chi connectivity index (χ1n) is 15.2. The summed E-state index contributed by atoms with van der Waals surface area (Å²) in [5.74, 6) is -0.294. The largest absolute Gasteiger partial charge is 0.495 e. The maximum absolute atomic E-state index is 15.3. The second-order valence-corrected chi connectivity index (χ2v) is 13.8. The van der Waals surface area contributed by atoms with E-state index in [0.717, 1.165) is 21.3 Å². The molecule has 1 aromatic carbocycles. The number of carbonyl (C=O) groups is 1. The van der Waals surface area contributed by atoms with Crippen molar-refractivity contribution in [2.75, 3.05) is 42.6 Å². The van der Waals surface area contributed by atoms with Crippen LogP contribution in [0.2, 0.25) is 5.15 Å². The minimum Gasteiger partial charge on any atom is -0.495 e. The van der Waals surface area contributed by atoms with Gasteiger partial charge in [-0.2, -0.15) is 18.0 Å². The first-order valence-corrected chi connectivity index (χ1v) is 17.0. The Balaban J connectivity index is 1.43. The van der Waals surface area contributed by atoms with Crippen LogP contribution in [0.1, 0.15) is 29.3 Å². The van der Waals surface area contributed by atoms with Gasteiger partial charge in [0.05, 0.1) is 37.2 Å². The minimum atomic E-state index is -4.56. The number of fused-ring (bicyclic) bond motifs is 2. The van der Waals surface area contributed by atoms with Crippen LogP contribution < -0.4 is 18.7 Å². The number of aromatic nitrogens is 3. The van der Waals surface area contributed by atoms with Crippen molar-refractivity contribution in [2.24, 2.45) is 5.92 Å². The van der Waals surface area contributed by atoms with Gasteiger partial charge in [0, 0.05) is 60.5 Å². The number of rotatable bonds is 8. The van der Waals surface area contributed by atoms with Crippen molar-refractivity contribution in [1.29, 1.82) is 5.26 Å². The molecule has 3 aromatic heterocycles. The monoisotopic (exact) mass is 683 g/mol. The lowest BCUT2D eigenvalue weighted by atomic mass is 9.82. The second kappa shape index (κ2) is 11.9. The number of anilines is 2. The molecule has 48 heavy (non-hydrogen) atoms. The Kier molecular flexibility index (Phi) is 7.82. The molecule has 3 aliphatic heterocycles. The molecule has 6 heterocycles. The first-order chi connectivity index (χ1) is 23.1. The van der Waals surface area contributed by atoms with Gasteiger partial charge in [-0.25, -0.2) is 9.97 Å². The molecule has 0 spiro atoms. The molecule has 0 aliphatic carbocycles. The van der Waals surface area contributed by atoms with Gasteiger partial charge in [0.1, 0.15) is 10.9 Å². The van der Waals surface area contributed by atoms with Crippen molar-refractivity contribution >= 4 is 38.9 Å². The molecule has 3 aliphatic rings. The lowest BCUT2D eigenvalue weighted by Gasteiger charge is -2.39. The first kappa shape index (κ1) is 31.6. The van der Waals surface area contributed by atoms with Crippen LogP contribution in [0.5, 0.6) is 11.6 Å². The van der Waals surface area contributed by atoms with Crippen LogP contribution in [0.25, 0.3) is 0 Å². The number of halogens is 1. The molecule has 2 unspecified atom stereocenters. The molecule has 2 atom stereocenters. The second-order valence-electron chi connectivity index (χ2n) is 11.7. The number of benzene rings is 1. The van der Waals surface area contributed by atoms with Gasteiger partial charge < -0.3 is 14.4 Å². The number of hydrogen-bond donors (Lipinski definition) is 0. The van der Waals surface area contributed by atoms with Gasteiger partial charge in [-0.1, -0.05) is 11.6 Å². The summed E-state index contributed by atoms with van der Waals surface area (Å²) in [4.78, 5) is 32.3. The zero-order valence-corrected chi connectivity index (χ0v) is 27.9. The highest BCUT2D eigenvalue weighted by Gasteiger charge is 2.62. The molecule has 0 bridgehead atoms. The number of aryl methyl sites for hydroxylation is 1. The highest BCUT2D eigenvalue weighted by Crippen LogP contribution is 2.54. The lowest BCUT2D eigenvalue weighted by Crippen LogP contribution is -2.54. The standard InChI is InChI=1S/C34H30ClN7O5S/c1-4-47-32-27(7-9-30(35)39-32)34(41-19-23-17-40(18-24(23)20-41)25-11-12-37-21(2)13-25)28-14-22(15-36)5-8-29(28)42(33(34)43)48(44,45)31-10-6-26(46-3)16-38-31/h5-14,16-17,24H,4,18-20H2,1-3H3. The Morgan fingerprint density at radius 3 is 2.60 bits per heavy atom. The third kappa shape index (κ3) is 4.87. The molecule has 1 amide bonds. The van der Waals surface area contributed by atoms with E-state index in [2.05, 4.69) is 32.1 Å². The fraction of sp³-hybridized carbons (Fsp3) is 0.265. The number of methoxy groups -OCH3 is 1. The Hall–Kier alpha value is -5.03. The van der Waals surface area contributed by atoms with Crippen molar-refractivity contribution < 1.29 is 22.7 Å². The number of hydrogen-bond acceptors (Lipinski definition) is 11. The van der Waals surface area contributed by atoms with Crippen LogP contribution in [-0.4, -0.2) is 67.5 Å². The predicted octanol–water partition coefficient (Wildman–Crippen LogP) is 4.43. The van der Waals surface area contributed by atoms with Gasteiger partial charge in [-0.15, -0.1) is 0 Å². The van der Waals surface area contributed by atoms with Crippen LogP contribution in [0.4, 0.5) is 11.4 Å². The van der Waals surface area contributed by atoms with Gasteiger partial charge in [0.25, 0.3) is 15.9 Å². The minimum absolute atomic E-state index is 0.0236. The maximum Gasteiger partial charge on any atom is 0.288 e. The number of likely N-dealkylation sites (tertiary alicyclic amines) is 1. The van der Waals surface area contributed by atoms with Gasteiger partial charge in [0.2, 0.25) is 5.88 Å². The lowest BCUT2D eigenvalue weighted by molar-refractivity contribution is -0.126. The van der Waals surface area contributed by atoms with Crippen LogP contribution in [-0.2, 0) is 20.4 Å². The molecule has 7 rings (SSSR count). The van der Waals surface area contributed by atoms with E-state index >= 15 is 4.79 Å². The predicted molar refractivity (Wildman–Crippen MR) is 177 cm³/mol. The van der Waals surface area contributed by atoms with E-state index in [9.17, 15) is 13.7 Å². The molecule has 0 N–H and O–H groups in total. The number of nitriles is 1. The Labute approximate surface area is 282 Å². The summed E-state index contributed by atoms with van der Waals surface area (Å²) >= 11 is 6.34. The van der Waals surface area contributed by atoms with E-state index < -0.39 is 21.5 Å². The van der Waals surface area contributed by atoms with Crippen LogP contribution in [0.3, 0.4) is 0 Å². The van der Waals surface area contributed by atoms with Crippen molar-refractivity contribution in [3.63, 3.8) is 0 Å². The zero-order valence-electron chi connectivity index (χ0n) is 26.3. The smallest absolute Gasteiger partial charge is 0.288 e. The number of ether oxygens (including phenoxy) is 2. The fourth-order valence-electron chi connectivity index (χ4n) is 6.85. The van der Waals surface area contributed by atoms with Crippen molar-refractivity contribution in [1.82, 2.24) is 19.9 Å². The Morgan fingerprint density at radius 1 is 1.08 bits per heavy atom. The normalized spacial score (nSPS) is 20.4. The zero-order chi connectivity index (χ0) is 33.8. The Bertz CT molecular complexity index is 2140. The molecule has 14 heteroatoms. The fourth-order valence-corrected chi connectivity index (χ4v) is 8.37. The molecule has 0 radical (unpaired) electrons. The third-order valence-electron chi connectivity index (χ3n) is 8.94. The Morgan fingerprint density at radius 2 is 1.92 bits per heavy atom. The highest BCUT2D eigenvalue weighted by atomic mass is 35.5. The number of pyridine rings is 3. The number of sulfonamides is 1. The number of carbonyl (C=O) groups excluding carboxylic acids is 1. The summed E-state index contributed by atoms with van der Waals surface area (Å²) in [6.07, 6.45) is 5.13. The molecule has 1 fully saturated rings. The summed E-state index contributed by atoms with van der Waals surface area (Å²) in [5, 5.41) is 9.78. The van der Waals surface area contributed by atoms with Gasteiger partial charge in [-0.05, 0) is 74.0 Å². The van der Waals surface area contributed by atoms with E-state index in [0.29, 0.717) is 36.5 Å². The van der Waals surface area contributed by atoms with E-state index in [4.69, 9.17) is 21.1 Å². The van der Waals surface area contributed by atoms with Crippen LogP contribution >= 0.6 is 11.6 Å². The van der Waals surface area contributed by atoms with E-state index in [1.54, 1.807) is 31.3 Å². The number of amides is 1. The summed E-state index contributed by atoms with van der Waals surface area (Å²) in [6.45, 7) is 5.31. The van der Waals surface area contributed by atoms with E-state index in [1.165, 1.54) is 37.6 Å². The molecule has 244 valence electrons. The van der Waals surface area contributed by atoms with Gasteiger partial charge in [0.15, 0.2) is 10.6 Å². The molecular formula is C34H30ClN7O5S. The molecule has 4 aromatic rings. The van der Waals surface area contributed by atoms with Crippen LogP contribution in [0, 0.1) is 24.2 Å². The molecule has 1 saturated heterocycles. The van der Waals surface area contributed by atoms with Crippen molar-refractivity contribution in [3.8, 4) is 17.7 Å². The van der Waals surface area contributed by atoms with Gasteiger partial charge >= 0.3 is 0 Å². The average molecular weight is 684 g/mol. The van der Waals surface area contributed by atoms with Crippen molar-refractivity contribution in [3.05, 3.63) is 106 Å². The molecule has 12 nitrogen and oxygen atoms in total. The van der Waals surface area contributed by atoms with Crippen molar-refractivity contribution in [2.45, 2.75) is 24.4 Å². The third-order valence-corrected chi connectivity index (χ3v) is 10.8. The highest BCUT2D eigenvalue weighted by molar-refractivity contribution is 7.93. The maximum atomic E-state index is 15.3. The van der Waals surface area contributed by atoms with E-state index in [1.807, 2.05) is 24.0 Å². The summed E-state index contributed by atoms with van der Waals surface area (Å²) in [6, 6.07) is 16.6. The van der Waals surface area contributed by atoms with Gasteiger partial charge in [-0.3, -0.25) is 14.7 Å². The molecular weight excluding hydrogens is 654 g/mol. The summed E-state index contributed by atoms with van der Waals surface area (Å²) in [5.41, 5.74) is 2.22. The number of nitrogens with zero attached hydrogens (tertiary/aromatic N) is 7. The SMILES string of the molecule is CCOc1nc(Cl)ccc1C1(N2CC3=CN(c4ccnc(C)c4)CC3C2)C(=O)N(S(=O)(=O)c2ccc(OC)cn2)c2ccc(C#N)cc21. The summed E-state index contributed by atoms with van der Waals surface area (Å²) < 4.78 is 40.8. The molecule has 0 saturated carbocycles. The quantitative estimate of drug-likeness (QED) is 0.244. The average Bonchev–Trinajstić information content (AvgIpc) is 3.74. The van der Waals surface area contributed by atoms with Crippen LogP contribution in [0.15, 0.2) is 83.8 Å².